The van der Waals surface area contributed by atoms with E-state index in [1.54, 1.807) is 12.4 Å². The topological polar surface area (TPSA) is 79.8 Å². The summed E-state index contributed by atoms with van der Waals surface area (Å²) < 4.78 is 0. The first-order chi connectivity index (χ1) is 15.3. The number of amides is 1. The van der Waals surface area contributed by atoms with Crippen LogP contribution in [0.2, 0.25) is 0 Å². The molecule has 2 heterocycles. The molecule has 0 saturated carbocycles. The van der Waals surface area contributed by atoms with E-state index in [4.69, 9.17) is 0 Å². The van der Waals surface area contributed by atoms with Gasteiger partial charge >= 0.3 is 0 Å². The molecule has 2 aromatic heterocycles. The molecule has 0 unspecified atom stereocenters. The van der Waals surface area contributed by atoms with Gasteiger partial charge in [0.15, 0.2) is 0 Å². The van der Waals surface area contributed by atoms with Crippen molar-refractivity contribution in [3.05, 3.63) is 108 Å². The van der Waals surface area contributed by atoms with Crippen molar-refractivity contribution in [3.8, 4) is 11.3 Å². The number of pyridine rings is 1. The van der Waals surface area contributed by atoms with Crippen molar-refractivity contribution in [2.75, 3.05) is 11.9 Å². The SMILES string of the molecule is O=C(NCc1ccccc1)c1ccc(-c2ccnc(NCCc3ccccn3)n2)cc1. The number of hydrogen-bond acceptors (Lipinski definition) is 5. The van der Waals surface area contributed by atoms with Crippen LogP contribution in [-0.2, 0) is 13.0 Å². The Morgan fingerprint density at radius 2 is 1.61 bits per heavy atom. The lowest BCUT2D eigenvalue weighted by atomic mass is 10.1. The number of hydrogen-bond donors (Lipinski definition) is 2. The third kappa shape index (κ3) is 5.73. The number of nitrogens with one attached hydrogen (secondary N) is 2. The first-order valence-electron chi connectivity index (χ1n) is 10.2. The second-order valence-electron chi connectivity index (χ2n) is 7.01. The summed E-state index contributed by atoms with van der Waals surface area (Å²) in [5, 5.41) is 6.18. The van der Waals surface area contributed by atoms with Gasteiger partial charge in [0.2, 0.25) is 5.95 Å². The van der Waals surface area contributed by atoms with E-state index in [9.17, 15) is 4.79 Å². The normalized spacial score (nSPS) is 10.5. The monoisotopic (exact) mass is 409 g/mol. The van der Waals surface area contributed by atoms with Crippen LogP contribution in [0, 0.1) is 0 Å². The molecule has 0 radical (unpaired) electrons. The van der Waals surface area contributed by atoms with Crippen LogP contribution in [0.15, 0.2) is 91.3 Å². The van der Waals surface area contributed by atoms with Crippen molar-refractivity contribution < 1.29 is 4.79 Å². The van der Waals surface area contributed by atoms with E-state index >= 15 is 0 Å². The van der Waals surface area contributed by atoms with Gasteiger partial charge in [-0.2, -0.15) is 0 Å². The second kappa shape index (κ2) is 10.1. The molecule has 0 aliphatic carbocycles. The molecule has 0 spiro atoms. The van der Waals surface area contributed by atoms with Crippen LogP contribution in [0.3, 0.4) is 0 Å². The summed E-state index contributed by atoms with van der Waals surface area (Å²) in [5.41, 5.74) is 4.42. The van der Waals surface area contributed by atoms with Crippen LogP contribution >= 0.6 is 0 Å². The van der Waals surface area contributed by atoms with Gasteiger partial charge in [-0.25, -0.2) is 9.97 Å². The van der Waals surface area contributed by atoms with Crippen LogP contribution in [0.25, 0.3) is 11.3 Å². The zero-order valence-corrected chi connectivity index (χ0v) is 17.0. The van der Waals surface area contributed by atoms with E-state index in [-0.39, 0.29) is 5.91 Å². The Morgan fingerprint density at radius 1 is 0.806 bits per heavy atom. The average molecular weight is 409 g/mol. The fraction of sp³-hybridized carbons (Fsp3) is 0.120. The Labute approximate surface area is 181 Å². The van der Waals surface area contributed by atoms with E-state index in [0.29, 0.717) is 24.6 Å². The minimum Gasteiger partial charge on any atom is -0.354 e. The van der Waals surface area contributed by atoms with Gasteiger partial charge in [0.1, 0.15) is 0 Å². The average Bonchev–Trinajstić information content (AvgIpc) is 2.84. The predicted octanol–water partition coefficient (Wildman–Crippen LogP) is 4.12. The predicted molar refractivity (Wildman–Crippen MR) is 122 cm³/mol. The third-order valence-corrected chi connectivity index (χ3v) is 4.78. The van der Waals surface area contributed by atoms with E-state index in [1.165, 1.54) is 0 Å². The summed E-state index contributed by atoms with van der Waals surface area (Å²) in [5.74, 6) is 0.466. The van der Waals surface area contributed by atoms with Gasteiger partial charge in [-0.05, 0) is 35.9 Å². The molecule has 31 heavy (non-hydrogen) atoms. The van der Waals surface area contributed by atoms with Crippen LogP contribution in [-0.4, -0.2) is 27.4 Å². The molecule has 6 heteroatoms. The van der Waals surface area contributed by atoms with Gasteiger partial charge in [0, 0.05) is 48.7 Å². The fourth-order valence-corrected chi connectivity index (χ4v) is 3.13. The number of aromatic nitrogens is 3. The van der Waals surface area contributed by atoms with Crippen LogP contribution in [0.1, 0.15) is 21.6 Å². The summed E-state index contributed by atoms with van der Waals surface area (Å²) >= 11 is 0. The molecule has 0 saturated heterocycles. The highest BCUT2D eigenvalue weighted by atomic mass is 16.1. The molecule has 0 bridgehead atoms. The molecule has 2 aromatic carbocycles. The second-order valence-corrected chi connectivity index (χ2v) is 7.01. The molecule has 1 amide bonds. The van der Waals surface area contributed by atoms with Crippen molar-refractivity contribution in [1.29, 1.82) is 0 Å². The maximum absolute atomic E-state index is 12.4. The quantitative estimate of drug-likeness (QED) is 0.458. The maximum atomic E-state index is 12.4. The lowest BCUT2D eigenvalue weighted by Crippen LogP contribution is -2.22. The van der Waals surface area contributed by atoms with E-state index in [1.807, 2.05) is 78.9 Å². The summed E-state index contributed by atoms with van der Waals surface area (Å²) in [6, 6.07) is 25.0. The van der Waals surface area contributed by atoms with Gasteiger partial charge in [-0.3, -0.25) is 9.78 Å². The van der Waals surface area contributed by atoms with Gasteiger partial charge < -0.3 is 10.6 Å². The number of nitrogens with zero attached hydrogens (tertiary/aromatic N) is 3. The summed E-state index contributed by atoms with van der Waals surface area (Å²) in [6.07, 6.45) is 4.31. The van der Waals surface area contributed by atoms with Crippen LogP contribution in [0.4, 0.5) is 5.95 Å². The van der Waals surface area contributed by atoms with Gasteiger partial charge in [-0.15, -0.1) is 0 Å². The zero-order chi connectivity index (χ0) is 21.3. The number of rotatable bonds is 8. The molecule has 154 valence electrons. The molecule has 2 N–H and O–H groups in total. The standard InChI is InChI=1S/C25H23N5O/c31-24(29-18-19-6-2-1-3-7-19)21-11-9-20(10-12-21)23-14-17-28-25(30-23)27-16-13-22-8-4-5-15-26-22/h1-12,14-15,17H,13,16,18H2,(H,29,31)(H,27,28,30). The van der Waals surface area contributed by atoms with Crippen molar-refractivity contribution in [2.45, 2.75) is 13.0 Å². The minimum atomic E-state index is -0.102. The lowest BCUT2D eigenvalue weighted by molar-refractivity contribution is 0.0951. The Bertz CT molecular complexity index is 1120. The smallest absolute Gasteiger partial charge is 0.251 e. The molecular formula is C25H23N5O. The Hall–Kier alpha value is -4.06. The summed E-state index contributed by atoms with van der Waals surface area (Å²) in [6.45, 7) is 1.20. The Kier molecular flexibility index (Phi) is 6.60. The number of benzene rings is 2. The van der Waals surface area contributed by atoms with E-state index in [2.05, 4.69) is 25.6 Å². The molecule has 4 rings (SSSR count). The van der Waals surface area contributed by atoms with Crippen LogP contribution < -0.4 is 10.6 Å². The highest BCUT2D eigenvalue weighted by molar-refractivity contribution is 5.94. The van der Waals surface area contributed by atoms with Crippen molar-refractivity contribution >= 4 is 11.9 Å². The molecule has 6 nitrogen and oxygen atoms in total. The minimum absolute atomic E-state index is 0.102. The number of carbonyl (C=O) groups excluding carboxylic acids is 1. The maximum Gasteiger partial charge on any atom is 0.251 e. The molecule has 0 aliphatic rings. The first kappa shape index (κ1) is 20.2. The third-order valence-electron chi connectivity index (χ3n) is 4.78. The van der Waals surface area contributed by atoms with Crippen molar-refractivity contribution in [2.24, 2.45) is 0 Å². The zero-order valence-electron chi connectivity index (χ0n) is 17.0. The van der Waals surface area contributed by atoms with Gasteiger partial charge in [-0.1, -0.05) is 48.5 Å². The Balaban J connectivity index is 1.35. The number of carbonyl (C=O) groups is 1. The van der Waals surface area contributed by atoms with Crippen molar-refractivity contribution in [1.82, 2.24) is 20.3 Å². The molecule has 0 atom stereocenters. The molecule has 0 fully saturated rings. The molecule has 4 aromatic rings. The summed E-state index contributed by atoms with van der Waals surface area (Å²) in [4.78, 5) is 25.6. The van der Waals surface area contributed by atoms with E-state index in [0.717, 1.165) is 28.9 Å². The Morgan fingerprint density at radius 3 is 2.39 bits per heavy atom. The van der Waals surface area contributed by atoms with E-state index < -0.39 is 0 Å². The highest BCUT2D eigenvalue weighted by Gasteiger charge is 2.07. The highest BCUT2D eigenvalue weighted by Crippen LogP contribution is 2.18. The first-order valence-corrected chi connectivity index (χ1v) is 10.2. The van der Waals surface area contributed by atoms with Crippen molar-refractivity contribution in [3.63, 3.8) is 0 Å². The fourth-order valence-electron chi connectivity index (χ4n) is 3.13. The van der Waals surface area contributed by atoms with Crippen LogP contribution in [0.5, 0.6) is 0 Å². The number of anilines is 1. The molecule has 0 aliphatic heterocycles. The summed E-state index contributed by atoms with van der Waals surface area (Å²) in [7, 11) is 0. The van der Waals surface area contributed by atoms with Gasteiger partial charge in [0.05, 0.1) is 5.69 Å². The largest absolute Gasteiger partial charge is 0.354 e. The molecular weight excluding hydrogens is 386 g/mol. The van der Waals surface area contributed by atoms with Gasteiger partial charge in [0.25, 0.3) is 5.91 Å². The lowest BCUT2D eigenvalue weighted by Gasteiger charge is -2.08.